The summed E-state index contributed by atoms with van der Waals surface area (Å²) in [6.45, 7) is 1.99. The van der Waals surface area contributed by atoms with Gasteiger partial charge in [-0.3, -0.25) is 0 Å². The van der Waals surface area contributed by atoms with Crippen LogP contribution in [0.2, 0.25) is 0 Å². The van der Waals surface area contributed by atoms with Crippen LogP contribution in [0, 0.1) is 6.92 Å². The predicted molar refractivity (Wildman–Crippen MR) is 57.4 cm³/mol. The van der Waals surface area contributed by atoms with Gasteiger partial charge in [0.2, 0.25) is 0 Å². The molecule has 13 heavy (non-hydrogen) atoms. The molecule has 0 spiro atoms. The van der Waals surface area contributed by atoms with Crippen LogP contribution in [0.15, 0.2) is 22.7 Å². The first-order chi connectivity index (χ1) is 6.13. The van der Waals surface area contributed by atoms with Crippen LogP contribution in [-0.4, -0.2) is 7.11 Å². The molecule has 0 fully saturated rings. The van der Waals surface area contributed by atoms with Crippen molar-refractivity contribution in [3.8, 4) is 5.75 Å². The molecule has 0 bridgehead atoms. The molecule has 0 amide bonds. The lowest BCUT2D eigenvalue weighted by Gasteiger charge is -2.03. The van der Waals surface area contributed by atoms with Gasteiger partial charge >= 0.3 is 0 Å². The topological polar surface area (TPSA) is 9.23 Å². The molecule has 0 aliphatic carbocycles. The lowest BCUT2D eigenvalue weighted by atomic mass is 10.1. The van der Waals surface area contributed by atoms with Gasteiger partial charge in [0.05, 0.1) is 7.11 Å². The number of benzene rings is 1. The Balaban J connectivity index is 3.11. The Hall–Kier alpha value is -0.660. The van der Waals surface area contributed by atoms with Crippen LogP contribution >= 0.6 is 23.2 Å². The van der Waals surface area contributed by atoms with Crippen molar-refractivity contribution >= 4 is 29.3 Å². The van der Waals surface area contributed by atoms with E-state index in [1.165, 1.54) is 0 Å². The Morgan fingerprint density at radius 1 is 1.38 bits per heavy atom. The second-order valence-corrected chi connectivity index (χ2v) is 3.66. The van der Waals surface area contributed by atoms with Gasteiger partial charge in [0.25, 0.3) is 0 Å². The Labute approximate surface area is 87.9 Å². The third-order valence-electron chi connectivity index (χ3n) is 1.75. The highest BCUT2D eigenvalue weighted by atomic mass is 35.5. The largest absolute Gasteiger partial charge is 0.497 e. The maximum Gasteiger partial charge on any atom is 0.119 e. The highest BCUT2D eigenvalue weighted by Crippen LogP contribution is 2.21. The Morgan fingerprint density at radius 2 is 2.08 bits per heavy atom. The lowest BCUT2D eigenvalue weighted by molar-refractivity contribution is 0.414. The van der Waals surface area contributed by atoms with Gasteiger partial charge in [-0.25, -0.2) is 0 Å². The maximum absolute atomic E-state index is 5.57. The van der Waals surface area contributed by atoms with E-state index in [2.05, 4.69) is 0 Å². The van der Waals surface area contributed by atoms with Crippen molar-refractivity contribution in [2.24, 2.45) is 0 Å². The maximum atomic E-state index is 5.57. The number of hydrogen-bond acceptors (Lipinski definition) is 1. The Bertz CT molecular complexity index is 328. The number of hydrogen-bond donors (Lipinski definition) is 0. The monoisotopic (exact) mass is 216 g/mol. The minimum absolute atomic E-state index is 0.247. The summed E-state index contributed by atoms with van der Waals surface area (Å²) in [5.74, 6) is 0.798. The summed E-state index contributed by atoms with van der Waals surface area (Å²) >= 11 is 11.1. The van der Waals surface area contributed by atoms with Gasteiger partial charge < -0.3 is 4.74 Å². The number of aryl methyl sites for hydroxylation is 1. The highest BCUT2D eigenvalue weighted by molar-refractivity contribution is 6.57. The van der Waals surface area contributed by atoms with Crippen LogP contribution < -0.4 is 4.74 Å². The molecule has 1 aromatic rings. The fraction of sp³-hybridized carbons (Fsp3) is 0.200. The van der Waals surface area contributed by atoms with E-state index in [1.807, 2.05) is 25.1 Å². The molecule has 0 aromatic heterocycles. The van der Waals surface area contributed by atoms with Crippen molar-refractivity contribution in [3.63, 3.8) is 0 Å². The van der Waals surface area contributed by atoms with Crippen molar-refractivity contribution < 1.29 is 4.74 Å². The van der Waals surface area contributed by atoms with Crippen molar-refractivity contribution in [1.29, 1.82) is 0 Å². The third-order valence-corrected chi connectivity index (χ3v) is 1.97. The van der Waals surface area contributed by atoms with E-state index in [-0.39, 0.29) is 4.49 Å². The summed E-state index contributed by atoms with van der Waals surface area (Å²) in [5.41, 5.74) is 2.08. The van der Waals surface area contributed by atoms with Gasteiger partial charge in [-0.2, -0.15) is 0 Å². The van der Waals surface area contributed by atoms with Gasteiger partial charge in [-0.1, -0.05) is 29.3 Å². The normalized spacial score (nSPS) is 9.54. The van der Waals surface area contributed by atoms with Crippen LogP contribution in [0.5, 0.6) is 5.75 Å². The zero-order valence-corrected chi connectivity index (χ0v) is 8.99. The van der Waals surface area contributed by atoms with E-state index >= 15 is 0 Å². The molecule has 1 nitrogen and oxygen atoms in total. The molecular weight excluding hydrogens is 207 g/mol. The molecule has 0 atom stereocenters. The molecule has 0 aliphatic rings. The molecule has 3 heteroatoms. The molecule has 0 radical (unpaired) electrons. The quantitative estimate of drug-likeness (QED) is 0.732. The van der Waals surface area contributed by atoms with E-state index in [1.54, 1.807) is 13.2 Å². The van der Waals surface area contributed by atoms with Crippen LogP contribution in [-0.2, 0) is 0 Å². The molecule has 70 valence electrons. The van der Waals surface area contributed by atoms with Crippen LogP contribution in [0.3, 0.4) is 0 Å². The number of halogens is 2. The van der Waals surface area contributed by atoms with Crippen molar-refractivity contribution in [2.45, 2.75) is 6.92 Å². The van der Waals surface area contributed by atoms with Crippen LogP contribution in [0.1, 0.15) is 11.1 Å². The zero-order valence-electron chi connectivity index (χ0n) is 7.47. The summed E-state index contributed by atoms with van der Waals surface area (Å²) in [6.07, 6.45) is 1.70. The SMILES string of the molecule is COc1ccc(C)c(C=C(Cl)Cl)c1. The summed E-state index contributed by atoms with van der Waals surface area (Å²) in [7, 11) is 1.63. The average molecular weight is 217 g/mol. The molecule has 0 aliphatic heterocycles. The molecule has 0 N–H and O–H groups in total. The molecule has 0 saturated heterocycles. The summed E-state index contributed by atoms with van der Waals surface area (Å²) in [5, 5.41) is 0. The Kier molecular flexibility index (Phi) is 3.64. The van der Waals surface area contributed by atoms with Gasteiger partial charge in [0.15, 0.2) is 0 Å². The molecular formula is C10H10Cl2O. The van der Waals surface area contributed by atoms with Gasteiger partial charge in [0, 0.05) is 0 Å². The standard InChI is InChI=1S/C10H10Cl2O/c1-7-3-4-9(13-2)5-8(7)6-10(11)12/h3-6H,1-2H3. The predicted octanol–water partition coefficient (Wildman–Crippen LogP) is 3.78. The van der Waals surface area contributed by atoms with E-state index < -0.39 is 0 Å². The van der Waals surface area contributed by atoms with Crippen molar-refractivity contribution in [2.75, 3.05) is 7.11 Å². The third kappa shape index (κ3) is 2.94. The van der Waals surface area contributed by atoms with E-state index in [0.29, 0.717) is 0 Å². The van der Waals surface area contributed by atoms with E-state index in [0.717, 1.165) is 16.9 Å². The summed E-state index contributed by atoms with van der Waals surface area (Å²) in [6, 6.07) is 5.75. The minimum Gasteiger partial charge on any atom is -0.497 e. The smallest absolute Gasteiger partial charge is 0.119 e. The summed E-state index contributed by atoms with van der Waals surface area (Å²) < 4.78 is 5.32. The Morgan fingerprint density at radius 3 is 2.62 bits per heavy atom. The number of ether oxygens (including phenoxy) is 1. The minimum atomic E-state index is 0.247. The zero-order chi connectivity index (χ0) is 9.84. The van der Waals surface area contributed by atoms with Crippen LogP contribution in [0.25, 0.3) is 6.08 Å². The lowest BCUT2D eigenvalue weighted by Crippen LogP contribution is -1.85. The fourth-order valence-corrected chi connectivity index (χ4v) is 1.25. The molecule has 0 unspecified atom stereocenters. The highest BCUT2D eigenvalue weighted by Gasteiger charge is 1.98. The van der Waals surface area contributed by atoms with Crippen LogP contribution in [0.4, 0.5) is 0 Å². The first kappa shape index (κ1) is 10.4. The molecule has 0 heterocycles. The molecule has 1 aromatic carbocycles. The van der Waals surface area contributed by atoms with Crippen molar-refractivity contribution in [1.82, 2.24) is 0 Å². The van der Waals surface area contributed by atoms with Gasteiger partial charge in [-0.05, 0) is 36.3 Å². The van der Waals surface area contributed by atoms with E-state index in [4.69, 9.17) is 27.9 Å². The second-order valence-electron chi connectivity index (χ2n) is 2.66. The average Bonchev–Trinajstić information content (AvgIpc) is 2.08. The van der Waals surface area contributed by atoms with Gasteiger partial charge in [-0.15, -0.1) is 0 Å². The number of rotatable bonds is 2. The van der Waals surface area contributed by atoms with Gasteiger partial charge in [0.1, 0.15) is 10.2 Å². The first-order valence-corrected chi connectivity index (χ1v) is 4.56. The van der Waals surface area contributed by atoms with Crippen molar-refractivity contribution in [3.05, 3.63) is 33.8 Å². The van der Waals surface area contributed by atoms with E-state index in [9.17, 15) is 0 Å². The second kappa shape index (κ2) is 4.54. The molecule has 0 saturated carbocycles. The molecule has 1 rings (SSSR count). The summed E-state index contributed by atoms with van der Waals surface area (Å²) in [4.78, 5) is 0. The first-order valence-electron chi connectivity index (χ1n) is 3.81. The fourth-order valence-electron chi connectivity index (χ4n) is 1.02. The number of methoxy groups -OCH3 is 1.